The molecule has 4 rings (SSSR count). The highest BCUT2D eigenvalue weighted by Gasteiger charge is 2.32. The van der Waals surface area contributed by atoms with Gasteiger partial charge in [0.1, 0.15) is 5.82 Å². The van der Waals surface area contributed by atoms with Crippen LogP contribution in [0.3, 0.4) is 0 Å². The first-order valence-corrected chi connectivity index (χ1v) is 10.8. The average Bonchev–Trinajstić information content (AvgIpc) is 3.12. The molecule has 1 aromatic carbocycles. The van der Waals surface area contributed by atoms with Gasteiger partial charge in [0, 0.05) is 11.5 Å². The highest BCUT2D eigenvalue weighted by atomic mass is 16.1. The van der Waals surface area contributed by atoms with E-state index in [1.807, 2.05) is 19.1 Å². The van der Waals surface area contributed by atoms with Crippen molar-refractivity contribution in [2.45, 2.75) is 65.7 Å². The summed E-state index contributed by atoms with van der Waals surface area (Å²) in [6.07, 6.45) is 5.18. The Labute approximate surface area is 177 Å². The lowest BCUT2D eigenvalue weighted by atomic mass is 9.70. The summed E-state index contributed by atoms with van der Waals surface area (Å²) >= 11 is 0. The van der Waals surface area contributed by atoms with Crippen molar-refractivity contribution in [1.29, 1.82) is 0 Å². The molecule has 6 heteroatoms. The predicted molar refractivity (Wildman–Crippen MR) is 119 cm³/mol. The topological polar surface area (TPSA) is 67.4 Å². The molecule has 0 spiro atoms. The fraction of sp³-hybridized carbons (Fsp3) is 0.500. The number of imidazole rings is 1. The van der Waals surface area contributed by atoms with Crippen LogP contribution in [-0.2, 0) is 6.42 Å². The first kappa shape index (κ1) is 20.3. The number of aryl methyl sites for hydroxylation is 1. The summed E-state index contributed by atoms with van der Waals surface area (Å²) in [4.78, 5) is 24.2. The van der Waals surface area contributed by atoms with Gasteiger partial charge >= 0.3 is 0 Å². The fourth-order valence-corrected chi connectivity index (χ4v) is 4.68. The lowest BCUT2D eigenvalue weighted by Crippen LogP contribution is -2.26. The van der Waals surface area contributed by atoms with E-state index < -0.39 is 0 Å². The second-order valence-corrected chi connectivity index (χ2v) is 9.41. The maximum Gasteiger partial charge on any atom is 0.277 e. The van der Waals surface area contributed by atoms with E-state index in [1.54, 1.807) is 16.6 Å². The second kappa shape index (κ2) is 7.71. The minimum Gasteiger partial charge on any atom is -0.303 e. The van der Waals surface area contributed by atoms with E-state index in [-0.39, 0.29) is 5.56 Å². The predicted octanol–water partition coefficient (Wildman–Crippen LogP) is 5.52. The van der Waals surface area contributed by atoms with Crippen LogP contribution in [0.4, 0.5) is 5.69 Å². The number of hydrogen-bond donors (Lipinski definition) is 1. The molecule has 1 aliphatic rings. The Bertz CT molecular complexity index is 1170. The Balaban J connectivity index is 1.78. The standard InChI is InChI=1S/C24H29N5O/c1-6-19-20-23(30)27-21(16-8-7-9-18(14-16)25-5)28-29(20)22(26-19)15-10-12-17(13-11-15)24(2,3)4/h7-9,14-15,17H,6,10-13H2,1-4H3,(H,27,28,30). The van der Waals surface area contributed by atoms with Gasteiger partial charge in [-0.3, -0.25) is 4.79 Å². The number of rotatable bonds is 3. The molecule has 1 aliphatic carbocycles. The summed E-state index contributed by atoms with van der Waals surface area (Å²) < 4.78 is 1.78. The van der Waals surface area contributed by atoms with Gasteiger partial charge in [0.2, 0.25) is 0 Å². The van der Waals surface area contributed by atoms with Crippen LogP contribution in [0.2, 0.25) is 0 Å². The smallest absolute Gasteiger partial charge is 0.277 e. The molecule has 2 aromatic heterocycles. The quantitative estimate of drug-likeness (QED) is 0.586. The third-order valence-corrected chi connectivity index (χ3v) is 6.50. The molecule has 156 valence electrons. The van der Waals surface area contributed by atoms with Crippen molar-refractivity contribution < 1.29 is 0 Å². The van der Waals surface area contributed by atoms with Crippen LogP contribution >= 0.6 is 0 Å². The molecule has 0 amide bonds. The zero-order valence-corrected chi connectivity index (χ0v) is 18.2. The van der Waals surface area contributed by atoms with Gasteiger partial charge in [-0.2, -0.15) is 0 Å². The Morgan fingerprint density at radius 1 is 1.23 bits per heavy atom. The van der Waals surface area contributed by atoms with Gasteiger partial charge in [-0.15, -0.1) is 5.10 Å². The molecule has 1 N–H and O–H groups in total. The summed E-state index contributed by atoms with van der Waals surface area (Å²) in [6, 6.07) is 7.18. The third-order valence-electron chi connectivity index (χ3n) is 6.50. The van der Waals surface area contributed by atoms with Gasteiger partial charge in [0.15, 0.2) is 17.0 Å². The lowest BCUT2D eigenvalue weighted by molar-refractivity contribution is 0.167. The second-order valence-electron chi connectivity index (χ2n) is 9.41. The van der Waals surface area contributed by atoms with Crippen LogP contribution in [0, 0.1) is 17.9 Å². The maximum atomic E-state index is 13.0. The van der Waals surface area contributed by atoms with E-state index in [2.05, 4.69) is 30.6 Å². The number of aromatic nitrogens is 4. The number of benzene rings is 1. The molecule has 2 heterocycles. The normalized spacial score (nSPS) is 19.7. The molecule has 0 bridgehead atoms. The SMILES string of the molecule is [C-]#[N+]c1cccc(-c2nn3c(C4CCC(C(C)(C)C)CC4)nc(CC)c3c(=O)[nH]2)c1. The number of fused-ring (bicyclic) bond motifs is 1. The molecule has 6 nitrogen and oxygen atoms in total. The van der Waals surface area contributed by atoms with Crippen LogP contribution in [0.5, 0.6) is 0 Å². The van der Waals surface area contributed by atoms with Crippen LogP contribution in [-0.4, -0.2) is 19.6 Å². The molecule has 1 saturated carbocycles. The summed E-state index contributed by atoms with van der Waals surface area (Å²) in [5, 5.41) is 4.79. The van der Waals surface area contributed by atoms with Crippen LogP contribution < -0.4 is 5.56 Å². The zero-order chi connectivity index (χ0) is 21.5. The van der Waals surface area contributed by atoms with Crippen LogP contribution in [0.25, 0.3) is 21.7 Å². The van der Waals surface area contributed by atoms with Crippen LogP contribution in [0.1, 0.15) is 70.8 Å². The van der Waals surface area contributed by atoms with Crippen molar-refractivity contribution in [2.24, 2.45) is 11.3 Å². The summed E-state index contributed by atoms with van der Waals surface area (Å²) in [5.41, 5.74) is 2.76. The summed E-state index contributed by atoms with van der Waals surface area (Å²) in [6.45, 7) is 16.2. The first-order valence-electron chi connectivity index (χ1n) is 10.8. The minimum absolute atomic E-state index is 0.174. The molecule has 30 heavy (non-hydrogen) atoms. The van der Waals surface area contributed by atoms with Crippen molar-refractivity contribution in [2.75, 3.05) is 0 Å². The van der Waals surface area contributed by atoms with Gasteiger partial charge in [-0.05, 0) is 49.5 Å². The van der Waals surface area contributed by atoms with Gasteiger partial charge < -0.3 is 4.98 Å². The highest BCUT2D eigenvalue weighted by Crippen LogP contribution is 2.43. The van der Waals surface area contributed by atoms with E-state index in [9.17, 15) is 4.79 Å². The number of hydrogen-bond acceptors (Lipinski definition) is 3. The molecular formula is C24H29N5O. The highest BCUT2D eigenvalue weighted by molar-refractivity contribution is 5.63. The van der Waals surface area contributed by atoms with E-state index in [0.29, 0.717) is 40.7 Å². The van der Waals surface area contributed by atoms with E-state index in [4.69, 9.17) is 16.7 Å². The van der Waals surface area contributed by atoms with Gasteiger partial charge in [0.25, 0.3) is 5.56 Å². The van der Waals surface area contributed by atoms with Crippen molar-refractivity contribution in [3.8, 4) is 11.4 Å². The Kier molecular flexibility index (Phi) is 5.23. The van der Waals surface area contributed by atoms with Crippen LogP contribution in [0.15, 0.2) is 29.1 Å². The molecule has 0 unspecified atom stereocenters. The van der Waals surface area contributed by atoms with Crippen molar-refractivity contribution in [3.05, 3.63) is 57.6 Å². The molecule has 0 radical (unpaired) electrons. The molecule has 1 fully saturated rings. The van der Waals surface area contributed by atoms with Gasteiger partial charge in [-0.1, -0.05) is 45.9 Å². The summed E-state index contributed by atoms with van der Waals surface area (Å²) in [5.74, 6) is 2.41. The fourth-order valence-electron chi connectivity index (χ4n) is 4.68. The largest absolute Gasteiger partial charge is 0.303 e. The molecule has 0 saturated heterocycles. The average molecular weight is 404 g/mol. The number of H-pyrrole nitrogens is 1. The molecular weight excluding hydrogens is 374 g/mol. The number of nitrogens with zero attached hydrogens (tertiary/aromatic N) is 4. The van der Waals surface area contributed by atoms with Crippen molar-refractivity contribution >= 4 is 11.2 Å². The Hall–Kier alpha value is -2.94. The van der Waals surface area contributed by atoms with Crippen molar-refractivity contribution in [1.82, 2.24) is 19.6 Å². The minimum atomic E-state index is -0.174. The Morgan fingerprint density at radius 2 is 1.97 bits per heavy atom. The van der Waals surface area contributed by atoms with Gasteiger partial charge in [0.05, 0.1) is 12.3 Å². The molecule has 3 aromatic rings. The van der Waals surface area contributed by atoms with Crippen molar-refractivity contribution in [3.63, 3.8) is 0 Å². The Morgan fingerprint density at radius 3 is 2.60 bits per heavy atom. The number of aromatic amines is 1. The number of nitrogens with one attached hydrogen (secondary N) is 1. The zero-order valence-electron chi connectivity index (χ0n) is 18.2. The maximum absolute atomic E-state index is 13.0. The van der Waals surface area contributed by atoms with Gasteiger partial charge in [-0.25, -0.2) is 14.3 Å². The molecule has 0 aliphatic heterocycles. The third kappa shape index (κ3) is 3.65. The lowest BCUT2D eigenvalue weighted by Gasteiger charge is -2.36. The first-order chi connectivity index (χ1) is 14.3. The summed E-state index contributed by atoms with van der Waals surface area (Å²) in [7, 11) is 0. The van der Waals surface area contributed by atoms with E-state index in [1.165, 1.54) is 12.8 Å². The molecule has 0 atom stereocenters. The van der Waals surface area contributed by atoms with E-state index in [0.717, 1.165) is 29.9 Å². The monoisotopic (exact) mass is 403 g/mol. The van der Waals surface area contributed by atoms with E-state index >= 15 is 0 Å².